The van der Waals surface area contributed by atoms with Crippen LogP contribution in [0.4, 0.5) is 5.69 Å². The van der Waals surface area contributed by atoms with Gasteiger partial charge in [-0.05, 0) is 36.1 Å². The summed E-state index contributed by atoms with van der Waals surface area (Å²) in [5, 5.41) is 3.01. The molecule has 1 N–H and O–H groups in total. The number of hydrogen-bond donors (Lipinski definition) is 1. The number of anilines is 1. The number of aryl methyl sites for hydroxylation is 2. The molecule has 0 spiro atoms. The maximum Gasteiger partial charge on any atom is 0.290 e. The Kier molecular flexibility index (Phi) is 7.04. The first-order chi connectivity index (χ1) is 11.6. The van der Waals surface area contributed by atoms with Gasteiger partial charge in [0.1, 0.15) is 0 Å². The quantitative estimate of drug-likeness (QED) is 0.656. The van der Waals surface area contributed by atoms with E-state index in [2.05, 4.69) is 17.4 Å². The monoisotopic (exact) mass is 406 g/mol. The predicted molar refractivity (Wildman–Crippen MR) is 96.6 cm³/mol. The van der Waals surface area contributed by atoms with Crippen molar-refractivity contribution < 1.29 is 42.1 Å². The molecule has 123 valence electrons. The van der Waals surface area contributed by atoms with Crippen LogP contribution in [0.15, 0.2) is 73.1 Å². The molecule has 1 aromatic heterocycles. The van der Waals surface area contributed by atoms with Crippen molar-refractivity contribution in [2.24, 2.45) is 0 Å². The standard InChI is InChI=1S/C21H20N2O.Y/c1-16-7-6-8-17(2)21(16)22-20(24)15-23-13-11-19(12-14-23)18-9-4-3-5-10-18;/h3-14H,15H2,1-2H3;/p+1. The van der Waals surface area contributed by atoms with Gasteiger partial charge in [-0.3, -0.25) is 4.79 Å². The van der Waals surface area contributed by atoms with Crippen LogP contribution < -0.4 is 9.88 Å². The molecule has 4 heteroatoms. The van der Waals surface area contributed by atoms with E-state index in [1.807, 2.05) is 79.3 Å². The molecule has 1 amide bonds. The third-order valence-corrected chi connectivity index (χ3v) is 4.07. The van der Waals surface area contributed by atoms with Crippen molar-refractivity contribution in [2.75, 3.05) is 5.32 Å². The van der Waals surface area contributed by atoms with Gasteiger partial charge in [0.2, 0.25) is 6.54 Å². The van der Waals surface area contributed by atoms with Crippen LogP contribution in [0, 0.1) is 13.8 Å². The van der Waals surface area contributed by atoms with Gasteiger partial charge in [0, 0.05) is 50.5 Å². The van der Waals surface area contributed by atoms with E-state index in [0.29, 0.717) is 6.54 Å². The maximum atomic E-state index is 12.3. The number of benzene rings is 2. The van der Waals surface area contributed by atoms with Crippen molar-refractivity contribution in [2.45, 2.75) is 20.4 Å². The molecule has 0 aliphatic rings. The number of hydrogen-bond acceptors (Lipinski definition) is 1. The Morgan fingerprint density at radius 1 is 0.840 bits per heavy atom. The van der Waals surface area contributed by atoms with Crippen LogP contribution in [0.3, 0.4) is 0 Å². The van der Waals surface area contributed by atoms with E-state index in [0.717, 1.165) is 22.4 Å². The van der Waals surface area contributed by atoms with E-state index in [1.54, 1.807) is 0 Å². The van der Waals surface area contributed by atoms with Crippen LogP contribution >= 0.6 is 0 Å². The molecule has 3 nitrogen and oxygen atoms in total. The first-order valence-electron chi connectivity index (χ1n) is 8.04. The summed E-state index contributed by atoms with van der Waals surface area (Å²) < 4.78 is 1.88. The Balaban J connectivity index is 0.00000225. The van der Waals surface area contributed by atoms with Gasteiger partial charge in [-0.25, -0.2) is 0 Å². The molecular formula is C21H21N2OY+. The number of para-hydroxylation sites is 1. The third kappa shape index (κ3) is 5.07. The smallest absolute Gasteiger partial charge is 0.290 e. The SMILES string of the molecule is Cc1cccc(C)c1NC(=O)C[n+]1ccc(-c2ccccc2)cc1.[Y]. The van der Waals surface area contributed by atoms with E-state index in [9.17, 15) is 4.79 Å². The van der Waals surface area contributed by atoms with Crippen molar-refractivity contribution in [1.82, 2.24) is 0 Å². The Morgan fingerprint density at radius 2 is 1.40 bits per heavy atom. The molecule has 0 aliphatic heterocycles. The molecule has 0 saturated carbocycles. The fourth-order valence-corrected chi connectivity index (χ4v) is 2.74. The van der Waals surface area contributed by atoms with Crippen LogP contribution in [-0.4, -0.2) is 5.91 Å². The molecule has 0 unspecified atom stereocenters. The summed E-state index contributed by atoms with van der Waals surface area (Å²) in [4.78, 5) is 12.3. The summed E-state index contributed by atoms with van der Waals surface area (Å²) in [5.41, 5.74) is 5.37. The first-order valence-corrected chi connectivity index (χ1v) is 8.04. The second-order valence-electron chi connectivity index (χ2n) is 5.94. The fourth-order valence-electron chi connectivity index (χ4n) is 2.74. The molecule has 3 aromatic rings. The zero-order chi connectivity index (χ0) is 16.9. The molecule has 1 radical (unpaired) electrons. The van der Waals surface area contributed by atoms with Gasteiger partial charge >= 0.3 is 0 Å². The van der Waals surface area contributed by atoms with E-state index in [-0.39, 0.29) is 38.6 Å². The molecule has 2 aromatic carbocycles. The van der Waals surface area contributed by atoms with Crippen molar-refractivity contribution in [3.63, 3.8) is 0 Å². The van der Waals surface area contributed by atoms with Gasteiger partial charge in [0.05, 0.1) is 0 Å². The molecule has 1 heterocycles. The molecule has 0 aliphatic carbocycles. The number of amides is 1. The molecule has 0 atom stereocenters. The molecule has 25 heavy (non-hydrogen) atoms. The largest absolute Gasteiger partial charge is 0.320 e. The molecular weight excluding hydrogens is 385 g/mol. The maximum absolute atomic E-state index is 12.3. The van der Waals surface area contributed by atoms with Gasteiger partial charge in [0.15, 0.2) is 12.4 Å². The summed E-state index contributed by atoms with van der Waals surface area (Å²) in [6.07, 6.45) is 3.87. The van der Waals surface area contributed by atoms with Crippen LogP contribution in [0.1, 0.15) is 11.1 Å². The number of carbonyl (C=O) groups excluding carboxylic acids is 1. The second-order valence-corrected chi connectivity index (χ2v) is 5.94. The van der Waals surface area contributed by atoms with Gasteiger partial charge in [-0.15, -0.1) is 0 Å². The van der Waals surface area contributed by atoms with E-state index in [1.165, 1.54) is 5.56 Å². The molecule has 3 rings (SSSR count). The number of pyridine rings is 1. The van der Waals surface area contributed by atoms with Crippen LogP contribution in [0.5, 0.6) is 0 Å². The topological polar surface area (TPSA) is 33.0 Å². The van der Waals surface area contributed by atoms with Gasteiger partial charge in [-0.1, -0.05) is 48.5 Å². The number of nitrogens with zero attached hydrogens (tertiary/aromatic N) is 1. The second kappa shape index (κ2) is 9.03. The number of aromatic nitrogens is 1. The van der Waals surface area contributed by atoms with Crippen molar-refractivity contribution in [3.8, 4) is 11.1 Å². The summed E-state index contributed by atoms with van der Waals surface area (Å²) in [5.74, 6) is -0.0233. The Hall–Kier alpha value is -1.84. The predicted octanol–water partition coefficient (Wildman–Crippen LogP) is 3.89. The van der Waals surface area contributed by atoms with Crippen LogP contribution in [-0.2, 0) is 44.0 Å². The Bertz CT molecular complexity index is 825. The molecule has 0 bridgehead atoms. The molecule has 0 saturated heterocycles. The zero-order valence-electron chi connectivity index (χ0n) is 14.6. The van der Waals surface area contributed by atoms with Gasteiger partial charge < -0.3 is 5.32 Å². The molecule has 0 fully saturated rings. The van der Waals surface area contributed by atoms with Crippen molar-refractivity contribution >= 4 is 11.6 Å². The Labute approximate surface area is 174 Å². The summed E-state index contributed by atoms with van der Waals surface area (Å²) in [7, 11) is 0. The first kappa shape index (κ1) is 19.5. The number of carbonyl (C=O) groups is 1. The van der Waals surface area contributed by atoms with Gasteiger partial charge in [-0.2, -0.15) is 4.57 Å². The van der Waals surface area contributed by atoms with Crippen LogP contribution in [0.25, 0.3) is 11.1 Å². The zero-order valence-corrected chi connectivity index (χ0v) is 17.4. The van der Waals surface area contributed by atoms with Crippen LogP contribution in [0.2, 0.25) is 0 Å². The van der Waals surface area contributed by atoms with E-state index < -0.39 is 0 Å². The average Bonchev–Trinajstić information content (AvgIpc) is 2.60. The van der Waals surface area contributed by atoms with E-state index >= 15 is 0 Å². The number of rotatable bonds is 4. The van der Waals surface area contributed by atoms with Crippen molar-refractivity contribution in [1.29, 1.82) is 0 Å². The minimum absolute atomic E-state index is 0. The summed E-state index contributed by atoms with van der Waals surface area (Å²) in [6, 6.07) is 20.3. The fraction of sp³-hybridized carbons (Fsp3) is 0.143. The summed E-state index contributed by atoms with van der Waals surface area (Å²) >= 11 is 0. The Morgan fingerprint density at radius 3 is 2.00 bits per heavy atom. The minimum Gasteiger partial charge on any atom is -0.320 e. The van der Waals surface area contributed by atoms with E-state index in [4.69, 9.17) is 0 Å². The number of nitrogens with one attached hydrogen (secondary N) is 1. The summed E-state index contributed by atoms with van der Waals surface area (Å²) in [6.45, 7) is 4.30. The average molecular weight is 406 g/mol. The van der Waals surface area contributed by atoms with Gasteiger partial charge in [0.25, 0.3) is 5.91 Å². The van der Waals surface area contributed by atoms with Crippen molar-refractivity contribution in [3.05, 3.63) is 84.2 Å². The minimum atomic E-state index is -0.0233. The normalized spacial score (nSPS) is 10.0. The third-order valence-electron chi connectivity index (χ3n) is 4.07.